The summed E-state index contributed by atoms with van der Waals surface area (Å²) in [6.45, 7) is 1.64. The summed E-state index contributed by atoms with van der Waals surface area (Å²) < 4.78 is 40.3. The van der Waals surface area contributed by atoms with Gasteiger partial charge in [0.15, 0.2) is 5.69 Å². The number of aryl methyl sites for hydroxylation is 1. The average Bonchev–Trinajstić information content (AvgIpc) is 2.59. The predicted octanol–water partition coefficient (Wildman–Crippen LogP) is 1.27. The maximum Gasteiger partial charge on any atom is 0.433 e. The normalized spacial score (nSPS) is 16.1. The van der Waals surface area contributed by atoms with Gasteiger partial charge in [0, 0.05) is 38.8 Å². The van der Waals surface area contributed by atoms with Crippen molar-refractivity contribution < 1.29 is 13.2 Å². The van der Waals surface area contributed by atoms with E-state index in [1.807, 2.05) is 4.90 Å². The molecule has 3 rings (SSSR count). The van der Waals surface area contributed by atoms with Crippen molar-refractivity contribution in [1.29, 1.82) is 0 Å². The second-order valence-electron chi connectivity index (χ2n) is 6.39. The van der Waals surface area contributed by atoms with Gasteiger partial charge >= 0.3 is 6.18 Å². The van der Waals surface area contributed by atoms with Gasteiger partial charge in [0.05, 0.1) is 12.7 Å². The SMILES string of the molecule is Cn1cnc(N2CCC(Cn3cnc(C(F)(F)F)cc3=O)CC2)cc1=O. The van der Waals surface area contributed by atoms with Crippen LogP contribution in [-0.2, 0) is 19.8 Å². The first-order valence-electron chi connectivity index (χ1n) is 8.15. The van der Waals surface area contributed by atoms with E-state index in [1.165, 1.54) is 21.5 Å². The lowest BCUT2D eigenvalue weighted by Gasteiger charge is -2.32. The second kappa shape index (κ2) is 6.93. The third kappa shape index (κ3) is 3.94. The van der Waals surface area contributed by atoms with Gasteiger partial charge in [-0.05, 0) is 18.8 Å². The van der Waals surface area contributed by atoms with Crippen molar-refractivity contribution in [2.24, 2.45) is 13.0 Å². The van der Waals surface area contributed by atoms with Crippen molar-refractivity contribution >= 4 is 5.82 Å². The number of aromatic nitrogens is 4. The highest BCUT2D eigenvalue weighted by molar-refractivity contribution is 5.37. The Morgan fingerprint density at radius 1 is 1.08 bits per heavy atom. The van der Waals surface area contributed by atoms with Gasteiger partial charge in [0.25, 0.3) is 11.1 Å². The smallest absolute Gasteiger partial charge is 0.356 e. The summed E-state index contributed by atoms with van der Waals surface area (Å²) >= 11 is 0. The van der Waals surface area contributed by atoms with Crippen LogP contribution >= 0.6 is 0 Å². The van der Waals surface area contributed by atoms with Crippen LogP contribution in [0.25, 0.3) is 0 Å². The molecule has 0 unspecified atom stereocenters. The van der Waals surface area contributed by atoms with Gasteiger partial charge in [-0.15, -0.1) is 0 Å². The quantitative estimate of drug-likeness (QED) is 0.815. The first kappa shape index (κ1) is 18.2. The molecule has 3 heterocycles. The fraction of sp³-hybridized carbons (Fsp3) is 0.500. The van der Waals surface area contributed by atoms with E-state index in [4.69, 9.17) is 0 Å². The molecule has 0 saturated carbocycles. The molecular weight excluding hydrogens is 351 g/mol. The fourth-order valence-electron chi connectivity index (χ4n) is 2.97. The number of halogens is 3. The molecule has 1 saturated heterocycles. The number of hydrogen-bond acceptors (Lipinski definition) is 5. The summed E-state index contributed by atoms with van der Waals surface area (Å²) in [6, 6.07) is 2.00. The molecule has 140 valence electrons. The molecule has 2 aromatic heterocycles. The van der Waals surface area contributed by atoms with Gasteiger partial charge in [-0.1, -0.05) is 0 Å². The molecule has 0 bridgehead atoms. The third-order valence-electron chi connectivity index (χ3n) is 4.53. The van der Waals surface area contributed by atoms with Crippen LogP contribution in [0.1, 0.15) is 18.5 Å². The molecule has 26 heavy (non-hydrogen) atoms. The number of piperidine rings is 1. The molecule has 0 amide bonds. The van der Waals surface area contributed by atoms with E-state index in [9.17, 15) is 22.8 Å². The molecule has 1 fully saturated rings. The lowest BCUT2D eigenvalue weighted by molar-refractivity contribution is -0.141. The summed E-state index contributed by atoms with van der Waals surface area (Å²) in [5.74, 6) is 0.758. The Morgan fingerprint density at radius 2 is 1.77 bits per heavy atom. The minimum Gasteiger partial charge on any atom is -0.356 e. The molecule has 2 aromatic rings. The molecule has 0 N–H and O–H groups in total. The van der Waals surface area contributed by atoms with Crippen LogP contribution in [0.15, 0.2) is 34.4 Å². The zero-order valence-electron chi connectivity index (χ0n) is 14.1. The molecule has 1 aliphatic heterocycles. The second-order valence-corrected chi connectivity index (χ2v) is 6.39. The van der Waals surface area contributed by atoms with Gasteiger partial charge in [0.2, 0.25) is 0 Å². The van der Waals surface area contributed by atoms with E-state index in [0.717, 1.165) is 19.2 Å². The number of anilines is 1. The maximum atomic E-state index is 12.6. The summed E-state index contributed by atoms with van der Waals surface area (Å²) in [7, 11) is 1.63. The van der Waals surface area contributed by atoms with E-state index >= 15 is 0 Å². The molecule has 0 spiro atoms. The first-order chi connectivity index (χ1) is 12.2. The van der Waals surface area contributed by atoms with E-state index in [2.05, 4.69) is 9.97 Å². The summed E-state index contributed by atoms with van der Waals surface area (Å²) in [4.78, 5) is 33.1. The lowest BCUT2D eigenvalue weighted by atomic mass is 9.96. The van der Waals surface area contributed by atoms with Crippen molar-refractivity contribution in [3.8, 4) is 0 Å². The molecular formula is C16H18F3N5O2. The highest BCUT2D eigenvalue weighted by atomic mass is 19.4. The summed E-state index contributed by atoms with van der Waals surface area (Å²) in [5.41, 5.74) is -2.02. The van der Waals surface area contributed by atoms with Crippen LogP contribution in [0, 0.1) is 5.92 Å². The van der Waals surface area contributed by atoms with Crippen molar-refractivity contribution in [2.45, 2.75) is 25.6 Å². The van der Waals surface area contributed by atoms with Crippen molar-refractivity contribution in [2.75, 3.05) is 18.0 Å². The molecule has 0 aromatic carbocycles. The maximum absolute atomic E-state index is 12.6. The highest BCUT2D eigenvalue weighted by Gasteiger charge is 2.33. The lowest BCUT2D eigenvalue weighted by Crippen LogP contribution is -2.37. The highest BCUT2D eigenvalue weighted by Crippen LogP contribution is 2.26. The van der Waals surface area contributed by atoms with E-state index in [1.54, 1.807) is 7.05 Å². The number of rotatable bonds is 3. The monoisotopic (exact) mass is 369 g/mol. The molecule has 0 radical (unpaired) electrons. The number of hydrogen-bond donors (Lipinski definition) is 0. The van der Waals surface area contributed by atoms with Crippen molar-refractivity contribution in [3.63, 3.8) is 0 Å². The Bertz CT molecular complexity index is 898. The van der Waals surface area contributed by atoms with Gasteiger partial charge in [-0.2, -0.15) is 13.2 Å². The zero-order valence-corrected chi connectivity index (χ0v) is 14.1. The number of alkyl halides is 3. The van der Waals surface area contributed by atoms with Gasteiger partial charge in [-0.25, -0.2) is 9.97 Å². The van der Waals surface area contributed by atoms with E-state index in [0.29, 0.717) is 31.5 Å². The topological polar surface area (TPSA) is 73.0 Å². The van der Waals surface area contributed by atoms with Crippen LogP contribution in [-0.4, -0.2) is 32.2 Å². The van der Waals surface area contributed by atoms with Crippen molar-refractivity contribution in [1.82, 2.24) is 19.1 Å². The van der Waals surface area contributed by atoms with Crippen LogP contribution in [0.4, 0.5) is 19.0 Å². The molecule has 7 nitrogen and oxygen atoms in total. The molecule has 0 atom stereocenters. The standard InChI is InChI=1S/C16H18F3N5O2/c1-22-9-21-13(7-14(22)25)23-4-2-11(3-5-23)8-24-10-20-12(6-15(24)26)16(17,18)19/h6-7,9-11H,2-5,8H2,1H3. The summed E-state index contributed by atoms with van der Waals surface area (Å²) in [5, 5.41) is 0. The fourth-order valence-corrected chi connectivity index (χ4v) is 2.97. The van der Waals surface area contributed by atoms with Gasteiger partial charge < -0.3 is 9.47 Å². The van der Waals surface area contributed by atoms with Crippen LogP contribution in [0.5, 0.6) is 0 Å². The minimum atomic E-state index is -4.62. The molecule has 0 aliphatic carbocycles. The number of nitrogens with zero attached hydrogens (tertiary/aromatic N) is 5. The molecule has 10 heteroatoms. The predicted molar refractivity (Wildman–Crippen MR) is 87.9 cm³/mol. The Balaban J connectivity index is 1.63. The zero-order chi connectivity index (χ0) is 18.9. The van der Waals surface area contributed by atoms with E-state index in [-0.39, 0.29) is 11.5 Å². The minimum absolute atomic E-state index is 0.139. The average molecular weight is 369 g/mol. The van der Waals surface area contributed by atoms with Crippen LogP contribution in [0.3, 0.4) is 0 Å². The van der Waals surface area contributed by atoms with Crippen molar-refractivity contribution in [3.05, 3.63) is 51.2 Å². The summed E-state index contributed by atoms with van der Waals surface area (Å²) in [6.07, 6.45) is -0.713. The van der Waals surface area contributed by atoms with Crippen LogP contribution in [0.2, 0.25) is 0 Å². The Kier molecular flexibility index (Phi) is 4.84. The Hall–Kier alpha value is -2.65. The van der Waals surface area contributed by atoms with Gasteiger partial charge in [0.1, 0.15) is 5.82 Å². The van der Waals surface area contributed by atoms with Gasteiger partial charge in [-0.3, -0.25) is 14.2 Å². The third-order valence-corrected chi connectivity index (χ3v) is 4.53. The Morgan fingerprint density at radius 3 is 2.35 bits per heavy atom. The molecule has 1 aliphatic rings. The Labute approximate surface area is 146 Å². The first-order valence-corrected chi connectivity index (χ1v) is 8.15. The largest absolute Gasteiger partial charge is 0.433 e. The van der Waals surface area contributed by atoms with Crippen LogP contribution < -0.4 is 16.0 Å². The van der Waals surface area contributed by atoms with E-state index < -0.39 is 17.4 Å².